The molecule has 0 spiro atoms. The molecule has 4 fully saturated rings. The summed E-state index contributed by atoms with van der Waals surface area (Å²) in [5.74, 6) is 2.25. The van der Waals surface area contributed by atoms with Gasteiger partial charge in [-0.1, -0.05) is 12.2 Å². The number of amidine groups is 2. The van der Waals surface area contributed by atoms with Crippen molar-refractivity contribution in [1.29, 1.82) is 10.8 Å². The van der Waals surface area contributed by atoms with Crippen molar-refractivity contribution in [2.24, 2.45) is 35.1 Å². The maximum absolute atomic E-state index is 7.69. The van der Waals surface area contributed by atoms with E-state index in [0.717, 1.165) is 51.4 Å². The first-order chi connectivity index (χ1) is 12.5. The van der Waals surface area contributed by atoms with Gasteiger partial charge in [0.1, 0.15) is 0 Å². The summed E-state index contributed by atoms with van der Waals surface area (Å²) in [4.78, 5) is 0. The third-order valence-electron chi connectivity index (χ3n) is 7.01. The van der Waals surface area contributed by atoms with E-state index >= 15 is 0 Å². The maximum atomic E-state index is 7.69. The van der Waals surface area contributed by atoms with Gasteiger partial charge in [0.2, 0.25) is 0 Å². The van der Waals surface area contributed by atoms with Crippen molar-refractivity contribution in [3.05, 3.63) is 12.2 Å². The molecule has 2 aliphatic carbocycles. The third-order valence-corrected chi connectivity index (χ3v) is 7.01. The van der Waals surface area contributed by atoms with Crippen LogP contribution in [0.3, 0.4) is 0 Å². The van der Waals surface area contributed by atoms with Crippen molar-refractivity contribution in [1.82, 2.24) is 0 Å². The molecule has 6 N–H and O–H groups in total. The number of nitrogens with one attached hydrogen (secondary N) is 2. The Morgan fingerprint density at radius 1 is 0.692 bits per heavy atom. The molecule has 4 aliphatic rings. The van der Waals surface area contributed by atoms with E-state index in [1.54, 1.807) is 0 Å². The molecule has 0 aromatic rings. The average molecular weight is 361 g/mol. The van der Waals surface area contributed by atoms with Gasteiger partial charge in [0, 0.05) is 11.8 Å². The molecule has 2 aliphatic heterocycles. The first-order valence-corrected chi connectivity index (χ1v) is 10.2. The van der Waals surface area contributed by atoms with Crippen LogP contribution < -0.4 is 11.5 Å². The van der Waals surface area contributed by atoms with E-state index in [0.29, 0.717) is 35.7 Å². The van der Waals surface area contributed by atoms with Crippen molar-refractivity contribution < 1.29 is 9.47 Å². The number of hydrogen-bond acceptors (Lipinski definition) is 4. The molecule has 0 aromatic heterocycles. The molecule has 0 amide bonds. The SMILES string of the molecule is N=C(N)C1CCC2OC(/C=C/C3CC4CC(C(=N)N)CCC4O3)CC2C1. The minimum atomic E-state index is 0.173. The summed E-state index contributed by atoms with van der Waals surface area (Å²) in [6.07, 6.45) is 13.5. The average Bonchev–Trinajstić information content (AvgIpc) is 3.21. The quantitative estimate of drug-likeness (QED) is 0.350. The van der Waals surface area contributed by atoms with E-state index in [9.17, 15) is 0 Å². The molecule has 2 saturated heterocycles. The molecule has 26 heavy (non-hydrogen) atoms. The lowest BCUT2D eigenvalue weighted by Crippen LogP contribution is -2.33. The first kappa shape index (κ1) is 18.0. The van der Waals surface area contributed by atoms with Crippen LogP contribution in [0.15, 0.2) is 12.2 Å². The van der Waals surface area contributed by atoms with Gasteiger partial charge in [-0.2, -0.15) is 0 Å². The van der Waals surface area contributed by atoms with Crippen molar-refractivity contribution in [3.8, 4) is 0 Å². The predicted octanol–water partition coefficient (Wildman–Crippen LogP) is 2.56. The number of nitrogens with two attached hydrogens (primary N) is 2. The van der Waals surface area contributed by atoms with E-state index in [4.69, 9.17) is 31.8 Å². The fourth-order valence-corrected chi connectivity index (χ4v) is 5.54. The van der Waals surface area contributed by atoms with Gasteiger partial charge in [-0.25, -0.2) is 0 Å². The molecule has 0 radical (unpaired) electrons. The summed E-state index contributed by atoms with van der Waals surface area (Å²) < 4.78 is 12.4. The molecule has 0 aromatic carbocycles. The van der Waals surface area contributed by atoms with Crippen LogP contribution in [0.4, 0.5) is 0 Å². The fourth-order valence-electron chi connectivity index (χ4n) is 5.54. The second-order valence-electron chi connectivity index (χ2n) is 8.73. The molecule has 2 saturated carbocycles. The van der Waals surface area contributed by atoms with Gasteiger partial charge in [-0.3, -0.25) is 10.8 Å². The molecule has 144 valence electrons. The lowest BCUT2D eigenvalue weighted by Gasteiger charge is -2.29. The topological polar surface area (TPSA) is 118 Å². The van der Waals surface area contributed by atoms with Crippen molar-refractivity contribution >= 4 is 11.7 Å². The van der Waals surface area contributed by atoms with E-state index in [2.05, 4.69) is 12.2 Å². The number of ether oxygens (including phenoxy) is 2. The van der Waals surface area contributed by atoms with Gasteiger partial charge >= 0.3 is 0 Å². The number of hydrogen-bond donors (Lipinski definition) is 4. The molecule has 4 rings (SSSR count). The Labute approximate surface area is 155 Å². The highest BCUT2D eigenvalue weighted by atomic mass is 16.5. The summed E-state index contributed by atoms with van der Waals surface area (Å²) in [5.41, 5.74) is 11.4. The third kappa shape index (κ3) is 3.67. The van der Waals surface area contributed by atoms with Crippen LogP contribution in [0.25, 0.3) is 0 Å². The summed E-state index contributed by atoms with van der Waals surface area (Å²) in [7, 11) is 0. The second-order valence-corrected chi connectivity index (χ2v) is 8.73. The van der Waals surface area contributed by atoms with Crippen LogP contribution in [0.1, 0.15) is 51.4 Å². The molecule has 8 atom stereocenters. The first-order valence-electron chi connectivity index (χ1n) is 10.2. The Morgan fingerprint density at radius 2 is 1.12 bits per heavy atom. The van der Waals surface area contributed by atoms with Gasteiger partial charge < -0.3 is 20.9 Å². The maximum Gasteiger partial charge on any atom is 0.0937 e. The number of fused-ring (bicyclic) bond motifs is 2. The minimum absolute atomic E-state index is 0.173. The molecule has 0 bridgehead atoms. The van der Waals surface area contributed by atoms with Crippen LogP contribution in [-0.2, 0) is 9.47 Å². The summed E-state index contributed by atoms with van der Waals surface area (Å²) >= 11 is 0. The molecule has 6 heteroatoms. The Morgan fingerprint density at radius 3 is 1.50 bits per heavy atom. The highest BCUT2D eigenvalue weighted by Gasteiger charge is 2.41. The second kappa shape index (κ2) is 7.31. The van der Waals surface area contributed by atoms with Gasteiger partial charge in [0.25, 0.3) is 0 Å². The van der Waals surface area contributed by atoms with Crippen molar-refractivity contribution in [2.75, 3.05) is 0 Å². The molecule has 2 heterocycles. The van der Waals surface area contributed by atoms with Crippen LogP contribution in [-0.4, -0.2) is 36.1 Å². The summed E-state index contributed by atoms with van der Waals surface area (Å²) in [6.45, 7) is 0. The normalized spacial score (nSPS) is 45.4. The van der Waals surface area contributed by atoms with Crippen LogP contribution in [0, 0.1) is 34.5 Å². The lowest BCUT2D eigenvalue weighted by molar-refractivity contribution is 0.0274. The van der Waals surface area contributed by atoms with Gasteiger partial charge in [-0.05, 0) is 63.2 Å². The molecule has 8 unspecified atom stereocenters. The van der Waals surface area contributed by atoms with Crippen LogP contribution >= 0.6 is 0 Å². The van der Waals surface area contributed by atoms with E-state index in [1.165, 1.54) is 0 Å². The van der Waals surface area contributed by atoms with E-state index < -0.39 is 0 Å². The number of rotatable bonds is 4. The highest BCUT2D eigenvalue weighted by molar-refractivity contribution is 5.80. The summed E-state index contributed by atoms with van der Waals surface area (Å²) in [6, 6.07) is 0. The van der Waals surface area contributed by atoms with Crippen LogP contribution in [0.2, 0.25) is 0 Å². The fraction of sp³-hybridized carbons (Fsp3) is 0.800. The molecular weight excluding hydrogens is 328 g/mol. The van der Waals surface area contributed by atoms with E-state index in [1.807, 2.05) is 0 Å². The van der Waals surface area contributed by atoms with Crippen molar-refractivity contribution in [2.45, 2.75) is 75.8 Å². The van der Waals surface area contributed by atoms with E-state index in [-0.39, 0.29) is 24.0 Å². The Bertz CT molecular complexity index is 542. The van der Waals surface area contributed by atoms with Gasteiger partial charge in [0.05, 0.1) is 36.1 Å². The zero-order valence-electron chi connectivity index (χ0n) is 15.4. The molecular formula is C20H32N4O2. The summed E-state index contributed by atoms with van der Waals surface area (Å²) in [5, 5.41) is 15.4. The largest absolute Gasteiger partial charge is 0.387 e. The lowest BCUT2D eigenvalue weighted by atomic mass is 9.78. The zero-order chi connectivity index (χ0) is 18.3. The Balaban J connectivity index is 1.29. The molecule has 6 nitrogen and oxygen atoms in total. The Kier molecular flexibility index (Phi) is 5.06. The van der Waals surface area contributed by atoms with Gasteiger partial charge in [0.15, 0.2) is 0 Å². The monoisotopic (exact) mass is 360 g/mol. The Hall–Kier alpha value is -1.40. The van der Waals surface area contributed by atoms with Gasteiger partial charge in [-0.15, -0.1) is 0 Å². The highest BCUT2D eigenvalue weighted by Crippen LogP contribution is 2.42. The predicted molar refractivity (Wildman–Crippen MR) is 101 cm³/mol. The smallest absolute Gasteiger partial charge is 0.0937 e. The van der Waals surface area contributed by atoms with Crippen LogP contribution in [0.5, 0.6) is 0 Å². The zero-order valence-corrected chi connectivity index (χ0v) is 15.4. The standard InChI is InChI=1S/C20H32N4O2/c21-19(22)11-1-5-17-13(7-11)9-15(25-17)3-4-16-10-14-8-12(20(23)24)2-6-18(14)26-16/h3-4,11-18H,1-2,5-10H2,(H3,21,22)(H3,23,24)/b4-3+. The minimum Gasteiger partial charge on any atom is -0.387 e. The van der Waals surface area contributed by atoms with Crippen molar-refractivity contribution in [3.63, 3.8) is 0 Å².